The van der Waals surface area contributed by atoms with Crippen LogP contribution in [0.4, 0.5) is 18.0 Å². The molecule has 1 N–H and O–H groups in total. The number of alkyl halides is 3. The van der Waals surface area contributed by atoms with E-state index in [-0.39, 0.29) is 25.2 Å². The Hall–Kier alpha value is -2.86. The Morgan fingerprint density at radius 2 is 1.82 bits per heavy atom. The highest BCUT2D eigenvalue weighted by molar-refractivity contribution is 7.15. The number of carbonyl (C=O) groups excluding carboxylic acids is 2. The summed E-state index contributed by atoms with van der Waals surface area (Å²) in [6.45, 7) is 6.17. The Bertz CT molecular complexity index is 1180. The number of hydrogen-bond donors (Lipinski definition) is 1. The lowest BCUT2D eigenvalue weighted by Gasteiger charge is -2.34. The van der Waals surface area contributed by atoms with E-state index in [1.165, 1.54) is 19.4 Å². The molecule has 12 heteroatoms. The zero-order chi connectivity index (χ0) is 28.3. The summed E-state index contributed by atoms with van der Waals surface area (Å²) in [7, 11) is 0. The van der Waals surface area contributed by atoms with Crippen LogP contribution in [0.25, 0.3) is 10.6 Å². The van der Waals surface area contributed by atoms with Gasteiger partial charge in [-0.2, -0.15) is 13.2 Å². The first-order valence-corrected chi connectivity index (χ1v) is 14.9. The molecule has 0 radical (unpaired) electrons. The average molecular weight is 580 g/mol. The monoisotopic (exact) mass is 579 g/mol. The number of urea groups is 1. The average Bonchev–Trinajstić information content (AvgIpc) is 3.56. The number of carbonyl (C=O) groups is 2. The number of rotatable bonds is 7. The Kier molecular flexibility index (Phi) is 8.84. The highest BCUT2D eigenvalue weighted by atomic mass is 32.1. The van der Waals surface area contributed by atoms with Crippen molar-refractivity contribution in [3.8, 4) is 16.3 Å². The first kappa shape index (κ1) is 28.7. The van der Waals surface area contributed by atoms with Crippen LogP contribution in [-0.4, -0.2) is 89.2 Å². The molecule has 40 heavy (non-hydrogen) atoms. The molecule has 3 aliphatic heterocycles. The zero-order valence-corrected chi connectivity index (χ0v) is 23.5. The number of thiazole rings is 1. The first-order valence-electron chi connectivity index (χ1n) is 14.0. The van der Waals surface area contributed by atoms with E-state index >= 15 is 0 Å². The number of piperidine rings is 1. The third-order valence-electron chi connectivity index (χ3n) is 8.02. The first-order chi connectivity index (χ1) is 19.2. The molecular weight excluding hydrogens is 543 g/mol. The number of halogens is 3. The van der Waals surface area contributed by atoms with Gasteiger partial charge in [0.25, 0.3) is 0 Å². The zero-order valence-electron chi connectivity index (χ0n) is 22.7. The Balaban J connectivity index is 1.08. The van der Waals surface area contributed by atoms with E-state index in [4.69, 9.17) is 9.72 Å². The molecule has 0 aliphatic carbocycles. The lowest BCUT2D eigenvalue weighted by Crippen LogP contribution is -2.52. The van der Waals surface area contributed by atoms with Crippen molar-refractivity contribution in [3.63, 3.8) is 0 Å². The highest BCUT2D eigenvalue weighted by Crippen LogP contribution is 2.33. The normalized spacial score (nSPS) is 20.4. The van der Waals surface area contributed by atoms with Crippen LogP contribution >= 0.6 is 11.3 Å². The number of hydrogen-bond acceptors (Lipinski definition) is 6. The van der Waals surface area contributed by atoms with Gasteiger partial charge in [-0.05, 0) is 69.8 Å². The van der Waals surface area contributed by atoms with Gasteiger partial charge in [-0.1, -0.05) is 0 Å². The lowest BCUT2D eigenvalue weighted by molar-refractivity contribution is -0.186. The minimum atomic E-state index is -4.86. The van der Waals surface area contributed by atoms with Crippen molar-refractivity contribution >= 4 is 23.3 Å². The molecule has 2 fully saturated rings. The van der Waals surface area contributed by atoms with Crippen LogP contribution < -0.4 is 10.1 Å². The minimum Gasteiger partial charge on any atom is -0.494 e. The maximum Gasteiger partial charge on any atom is 0.471 e. The van der Waals surface area contributed by atoms with Crippen molar-refractivity contribution in [2.45, 2.75) is 70.3 Å². The van der Waals surface area contributed by atoms with E-state index in [2.05, 4.69) is 17.1 Å². The Morgan fingerprint density at radius 3 is 2.50 bits per heavy atom. The van der Waals surface area contributed by atoms with Gasteiger partial charge in [-0.25, -0.2) is 9.78 Å². The molecule has 5 rings (SSSR count). The van der Waals surface area contributed by atoms with Crippen LogP contribution in [0.15, 0.2) is 24.3 Å². The second-order valence-electron chi connectivity index (χ2n) is 10.8. The minimum absolute atomic E-state index is 0.0205. The summed E-state index contributed by atoms with van der Waals surface area (Å²) in [5, 5.41) is 3.84. The van der Waals surface area contributed by atoms with Crippen LogP contribution in [-0.2, 0) is 17.8 Å². The molecule has 0 saturated carbocycles. The molecule has 1 atom stereocenters. The number of aromatic nitrogens is 1. The van der Waals surface area contributed by atoms with Crippen molar-refractivity contribution in [2.75, 3.05) is 39.3 Å². The summed E-state index contributed by atoms with van der Waals surface area (Å²) in [4.78, 5) is 35.2. The topological polar surface area (TPSA) is 78.0 Å². The SMILES string of the molecule is CC1CCCN1CCCOc1ccc(-c2nc3c(s2)CN(C(=O)NC2CCN(C(=O)C(F)(F)F)CC2)CC3)cc1. The van der Waals surface area contributed by atoms with Crippen LogP contribution in [0.5, 0.6) is 5.75 Å². The van der Waals surface area contributed by atoms with Gasteiger partial charge in [0.05, 0.1) is 18.8 Å². The van der Waals surface area contributed by atoms with Crippen molar-refractivity contribution < 1.29 is 27.5 Å². The van der Waals surface area contributed by atoms with Crippen LogP contribution in [0.2, 0.25) is 0 Å². The van der Waals surface area contributed by atoms with Gasteiger partial charge in [-0.3, -0.25) is 4.79 Å². The molecule has 1 aromatic heterocycles. The van der Waals surface area contributed by atoms with Crippen LogP contribution in [0.3, 0.4) is 0 Å². The third kappa shape index (κ3) is 6.88. The number of likely N-dealkylation sites (tertiary alicyclic amines) is 2. The number of fused-ring (bicyclic) bond motifs is 1. The van der Waals surface area contributed by atoms with E-state index in [1.54, 1.807) is 16.2 Å². The summed E-state index contributed by atoms with van der Waals surface area (Å²) >= 11 is 1.57. The number of nitrogens with zero attached hydrogens (tertiary/aromatic N) is 4. The Morgan fingerprint density at radius 1 is 1.07 bits per heavy atom. The molecule has 8 nitrogen and oxygen atoms in total. The standard InChI is InChI=1S/C28H36F3N5O3S/c1-19-4-2-12-34(19)13-3-17-39-22-7-5-20(6-8-22)25-33-23-11-16-36(18-24(23)40-25)27(38)32-21-9-14-35(15-10-21)26(37)28(29,30)31/h5-8,19,21H,2-4,9-18H2,1H3,(H,32,38). The van der Waals surface area contributed by atoms with Crippen molar-refractivity contribution in [1.82, 2.24) is 25.0 Å². The van der Waals surface area contributed by atoms with Gasteiger partial charge in [0.15, 0.2) is 0 Å². The molecule has 0 bridgehead atoms. The number of benzene rings is 1. The fourth-order valence-corrected chi connectivity index (χ4v) is 6.77. The van der Waals surface area contributed by atoms with Gasteiger partial charge >= 0.3 is 18.1 Å². The van der Waals surface area contributed by atoms with Crippen molar-refractivity contribution in [2.24, 2.45) is 0 Å². The maximum atomic E-state index is 12.9. The Labute approximate surface area is 236 Å². The van der Waals surface area contributed by atoms with Gasteiger partial charge in [0.1, 0.15) is 10.8 Å². The summed E-state index contributed by atoms with van der Waals surface area (Å²) in [6, 6.07) is 8.17. The molecule has 3 amide bonds. The largest absolute Gasteiger partial charge is 0.494 e. The van der Waals surface area contributed by atoms with E-state index in [0.29, 0.717) is 45.0 Å². The number of nitrogens with one attached hydrogen (secondary N) is 1. The molecule has 1 aromatic carbocycles. The third-order valence-corrected chi connectivity index (χ3v) is 9.15. The van der Waals surface area contributed by atoms with Crippen molar-refractivity contribution in [3.05, 3.63) is 34.8 Å². The van der Waals surface area contributed by atoms with E-state index < -0.39 is 12.1 Å². The predicted molar refractivity (Wildman–Crippen MR) is 146 cm³/mol. The molecule has 1 unspecified atom stereocenters. The quantitative estimate of drug-likeness (QED) is 0.482. The predicted octanol–water partition coefficient (Wildman–Crippen LogP) is 4.68. The van der Waals surface area contributed by atoms with Crippen molar-refractivity contribution in [1.29, 1.82) is 0 Å². The number of ether oxygens (including phenoxy) is 1. The fraction of sp³-hybridized carbons (Fsp3) is 0.607. The van der Waals surface area contributed by atoms with E-state index in [9.17, 15) is 22.8 Å². The maximum absolute atomic E-state index is 12.9. The van der Waals surface area contributed by atoms with Crippen LogP contribution in [0, 0.1) is 0 Å². The fourth-order valence-electron chi connectivity index (χ4n) is 5.64. The van der Waals surface area contributed by atoms with Gasteiger partial charge < -0.3 is 24.8 Å². The second kappa shape index (κ2) is 12.3. The second-order valence-corrected chi connectivity index (χ2v) is 11.9. The van der Waals surface area contributed by atoms with Crippen LogP contribution in [0.1, 0.15) is 49.6 Å². The van der Waals surface area contributed by atoms with E-state index in [1.807, 2.05) is 24.3 Å². The molecule has 2 aromatic rings. The van der Waals surface area contributed by atoms with Gasteiger partial charge in [-0.15, -0.1) is 11.3 Å². The molecule has 4 heterocycles. The summed E-state index contributed by atoms with van der Waals surface area (Å²) in [5.74, 6) is -0.970. The van der Waals surface area contributed by atoms with Gasteiger partial charge in [0, 0.05) is 55.1 Å². The molecular formula is C28H36F3N5O3S. The highest BCUT2D eigenvalue weighted by Gasteiger charge is 2.43. The molecule has 218 valence electrons. The smallest absolute Gasteiger partial charge is 0.471 e. The van der Waals surface area contributed by atoms with Gasteiger partial charge in [0.2, 0.25) is 0 Å². The summed E-state index contributed by atoms with van der Waals surface area (Å²) < 4.78 is 43.9. The molecule has 3 aliphatic rings. The molecule has 0 spiro atoms. The van der Waals surface area contributed by atoms with E-state index in [0.717, 1.165) is 44.8 Å². The number of amides is 3. The summed E-state index contributed by atoms with van der Waals surface area (Å²) in [5.41, 5.74) is 2.01. The summed E-state index contributed by atoms with van der Waals surface area (Å²) in [6.07, 6.45) is -0.0370. The molecule has 2 saturated heterocycles. The lowest BCUT2D eigenvalue weighted by atomic mass is 10.0.